The zero-order chi connectivity index (χ0) is 15.3. The van der Waals surface area contributed by atoms with Crippen molar-refractivity contribution in [1.29, 1.82) is 0 Å². The number of carbonyl (C=O) groups excluding carboxylic acids is 2. The van der Waals surface area contributed by atoms with Gasteiger partial charge in [0.15, 0.2) is 0 Å². The van der Waals surface area contributed by atoms with Gasteiger partial charge in [-0.15, -0.1) is 12.4 Å². The molecule has 2 N–H and O–H groups in total. The van der Waals surface area contributed by atoms with Gasteiger partial charge in [0.2, 0.25) is 5.91 Å². The molecule has 120 valence electrons. The first-order valence-corrected chi connectivity index (χ1v) is 6.33. The molecule has 1 aromatic rings. The Kier molecular flexibility index (Phi) is 7.38. The number of hydrogen-bond donors (Lipinski definition) is 2. The Labute approximate surface area is 130 Å². The maximum Gasteiger partial charge on any atom is 0.313 e. The molecule has 0 saturated carbocycles. The van der Waals surface area contributed by atoms with E-state index in [0.29, 0.717) is 0 Å². The third-order valence-corrected chi connectivity index (χ3v) is 3.05. The van der Waals surface area contributed by atoms with Gasteiger partial charge in [-0.2, -0.15) is 5.10 Å². The number of nitrogens with zero attached hydrogens (tertiary/aromatic N) is 2. The van der Waals surface area contributed by atoms with Gasteiger partial charge in [-0.3, -0.25) is 14.3 Å². The monoisotopic (exact) mass is 318 g/mol. The Bertz CT molecular complexity index is 488. The Morgan fingerprint density at radius 2 is 2.10 bits per heavy atom. The minimum atomic E-state index is -0.766. The Hall–Kier alpha value is -1.60. The van der Waals surface area contributed by atoms with Crippen molar-refractivity contribution in [3.63, 3.8) is 0 Å². The molecular formula is C13H23ClN4O3. The highest BCUT2D eigenvalue weighted by Crippen LogP contribution is 2.17. The average molecular weight is 319 g/mol. The number of ether oxygens (including phenoxy) is 1. The Balaban J connectivity index is 0.00000400. The molecule has 1 rings (SSSR count). The fraction of sp³-hybridized carbons (Fsp3) is 0.615. The summed E-state index contributed by atoms with van der Waals surface area (Å²) in [5.74, 6) is -0.572. The molecule has 1 amide bonds. The molecule has 0 bridgehead atoms. The topological polar surface area (TPSA) is 85.2 Å². The van der Waals surface area contributed by atoms with Gasteiger partial charge in [-0.25, -0.2) is 0 Å². The van der Waals surface area contributed by atoms with E-state index in [1.54, 1.807) is 45.0 Å². The smallest absolute Gasteiger partial charge is 0.313 e. The lowest BCUT2D eigenvalue weighted by Gasteiger charge is -2.23. The number of aromatic nitrogens is 2. The molecule has 8 heteroatoms. The first kappa shape index (κ1) is 19.4. The van der Waals surface area contributed by atoms with Crippen LogP contribution in [0.2, 0.25) is 0 Å². The SMILES string of the molecule is CNC(C(=O)NCC(C)(C)C(=O)OC)c1cnn(C)c1.Cl. The largest absolute Gasteiger partial charge is 0.469 e. The van der Waals surface area contributed by atoms with Crippen molar-refractivity contribution in [3.05, 3.63) is 18.0 Å². The Morgan fingerprint density at radius 1 is 1.48 bits per heavy atom. The fourth-order valence-electron chi connectivity index (χ4n) is 1.80. The summed E-state index contributed by atoms with van der Waals surface area (Å²) in [5, 5.41) is 9.73. The average Bonchev–Trinajstić information content (AvgIpc) is 2.82. The predicted molar refractivity (Wildman–Crippen MR) is 81.1 cm³/mol. The number of likely N-dealkylation sites (N-methyl/N-ethyl adjacent to an activating group) is 1. The molecule has 21 heavy (non-hydrogen) atoms. The Morgan fingerprint density at radius 3 is 2.52 bits per heavy atom. The van der Waals surface area contributed by atoms with Crippen LogP contribution < -0.4 is 10.6 Å². The van der Waals surface area contributed by atoms with Crippen molar-refractivity contribution in [3.8, 4) is 0 Å². The van der Waals surface area contributed by atoms with E-state index in [4.69, 9.17) is 4.74 Å². The number of methoxy groups -OCH3 is 1. The van der Waals surface area contributed by atoms with E-state index in [-0.39, 0.29) is 30.8 Å². The molecule has 0 radical (unpaired) electrons. The van der Waals surface area contributed by atoms with Gasteiger partial charge >= 0.3 is 5.97 Å². The van der Waals surface area contributed by atoms with Crippen LogP contribution in [0.25, 0.3) is 0 Å². The second kappa shape index (κ2) is 7.99. The lowest BCUT2D eigenvalue weighted by molar-refractivity contribution is -0.150. The molecule has 0 spiro atoms. The molecule has 0 fully saturated rings. The van der Waals surface area contributed by atoms with Crippen molar-refractivity contribution in [2.75, 3.05) is 20.7 Å². The maximum atomic E-state index is 12.2. The van der Waals surface area contributed by atoms with Crippen molar-refractivity contribution in [2.24, 2.45) is 12.5 Å². The van der Waals surface area contributed by atoms with E-state index in [1.807, 2.05) is 0 Å². The molecule has 0 aromatic carbocycles. The summed E-state index contributed by atoms with van der Waals surface area (Å²) in [4.78, 5) is 23.7. The number of hydrogen-bond acceptors (Lipinski definition) is 5. The summed E-state index contributed by atoms with van der Waals surface area (Å²) < 4.78 is 6.33. The molecule has 1 heterocycles. The second-order valence-corrected chi connectivity index (χ2v) is 5.26. The number of esters is 1. The van der Waals surface area contributed by atoms with Gasteiger partial charge in [0.25, 0.3) is 0 Å². The summed E-state index contributed by atoms with van der Waals surface area (Å²) in [6, 6.07) is -0.503. The first-order valence-electron chi connectivity index (χ1n) is 6.33. The predicted octanol–water partition coefficient (Wildman–Crippen LogP) is 0.418. The molecule has 0 saturated heterocycles. The third-order valence-electron chi connectivity index (χ3n) is 3.05. The van der Waals surface area contributed by atoms with Gasteiger partial charge in [0.1, 0.15) is 6.04 Å². The number of carbonyl (C=O) groups is 2. The van der Waals surface area contributed by atoms with Crippen LogP contribution in [0.15, 0.2) is 12.4 Å². The van der Waals surface area contributed by atoms with E-state index >= 15 is 0 Å². The molecule has 1 unspecified atom stereocenters. The van der Waals surface area contributed by atoms with Crippen molar-refractivity contribution in [1.82, 2.24) is 20.4 Å². The van der Waals surface area contributed by atoms with E-state index < -0.39 is 11.5 Å². The van der Waals surface area contributed by atoms with E-state index in [9.17, 15) is 9.59 Å². The van der Waals surface area contributed by atoms with Crippen LogP contribution in [0.4, 0.5) is 0 Å². The first-order chi connectivity index (χ1) is 9.31. The summed E-state index contributed by atoms with van der Waals surface area (Å²) in [7, 11) is 4.81. The van der Waals surface area contributed by atoms with Crippen molar-refractivity contribution < 1.29 is 14.3 Å². The summed E-state index contributed by atoms with van der Waals surface area (Å²) in [5.41, 5.74) is 0.000782. The molecule has 7 nitrogen and oxygen atoms in total. The molecule has 0 aliphatic heterocycles. The highest BCUT2D eigenvalue weighted by Gasteiger charge is 2.30. The number of aryl methyl sites for hydroxylation is 1. The summed E-state index contributed by atoms with van der Waals surface area (Å²) in [6.45, 7) is 3.64. The van der Waals surface area contributed by atoms with Crippen LogP contribution in [0, 0.1) is 5.41 Å². The number of amides is 1. The zero-order valence-corrected chi connectivity index (χ0v) is 13.8. The van der Waals surface area contributed by atoms with Crippen LogP contribution in [0.1, 0.15) is 25.5 Å². The van der Waals surface area contributed by atoms with Gasteiger partial charge in [0, 0.05) is 25.4 Å². The van der Waals surface area contributed by atoms with Gasteiger partial charge < -0.3 is 15.4 Å². The van der Waals surface area contributed by atoms with E-state index in [2.05, 4.69) is 15.7 Å². The standard InChI is InChI=1S/C13H22N4O3.ClH/c1-13(2,12(19)20-5)8-15-11(18)10(14-3)9-6-16-17(4)7-9;/h6-7,10,14H,8H2,1-5H3,(H,15,18);1H. The lowest BCUT2D eigenvalue weighted by atomic mass is 9.93. The van der Waals surface area contributed by atoms with Crippen LogP contribution in [0.3, 0.4) is 0 Å². The van der Waals surface area contributed by atoms with Crippen LogP contribution >= 0.6 is 12.4 Å². The molecule has 0 aliphatic carbocycles. The number of rotatable bonds is 6. The summed E-state index contributed by atoms with van der Waals surface area (Å²) >= 11 is 0. The van der Waals surface area contributed by atoms with E-state index in [0.717, 1.165) is 5.56 Å². The minimum Gasteiger partial charge on any atom is -0.469 e. The van der Waals surface area contributed by atoms with Crippen LogP contribution in [-0.2, 0) is 21.4 Å². The molecule has 0 aliphatic rings. The minimum absolute atomic E-state index is 0. The van der Waals surface area contributed by atoms with Crippen molar-refractivity contribution >= 4 is 24.3 Å². The lowest BCUT2D eigenvalue weighted by Crippen LogP contribution is -2.43. The maximum absolute atomic E-state index is 12.2. The molecule has 1 atom stereocenters. The van der Waals surface area contributed by atoms with E-state index in [1.165, 1.54) is 7.11 Å². The highest BCUT2D eigenvalue weighted by molar-refractivity contribution is 5.85. The van der Waals surface area contributed by atoms with Crippen LogP contribution in [-0.4, -0.2) is 42.4 Å². The molecular weight excluding hydrogens is 296 g/mol. The summed E-state index contributed by atoms with van der Waals surface area (Å²) in [6.07, 6.45) is 3.40. The van der Waals surface area contributed by atoms with Gasteiger partial charge in [-0.1, -0.05) is 0 Å². The normalized spacial score (nSPS) is 12.2. The van der Waals surface area contributed by atoms with Gasteiger partial charge in [0.05, 0.1) is 18.7 Å². The highest BCUT2D eigenvalue weighted by atomic mass is 35.5. The third kappa shape index (κ3) is 5.02. The number of halogens is 1. The quantitative estimate of drug-likeness (QED) is 0.742. The van der Waals surface area contributed by atoms with Gasteiger partial charge in [-0.05, 0) is 20.9 Å². The number of nitrogens with one attached hydrogen (secondary N) is 2. The molecule has 1 aromatic heterocycles. The van der Waals surface area contributed by atoms with Crippen LogP contribution in [0.5, 0.6) is 0 Å². The van der Waals surface area contributed by atoms with Crippen molar-refractivity contribution in [2.45, 2.75) is 19.9 Å². The second-order valence-electron chi connectivity index (χ2n) is 5.26. The fourth-order valence-corrected chi connectivity index (χ4v) is 1.80. The zero-order valence-electron chi connectivity index (χ0n) is 13.0.